The molecule has 1 amide bonds. The third-order valence-corrected chi connectivity index (χ3v) is 13.2. The minimum atomic E-state index is -2.36. The molecule has 9 rings (SSSR count). The third-order valence-electron chi connectivity index (χ3n) is 13.2. The van der Waals surface area contributed by atoms with E-state index in [9.17, 15) is 35.1 Å². The molecule has 0 radical (unpaired) electrons. The average Bonchev–Trinajstić information content (AvgIpc) is 4.07. The summed E-state index contributed by atoms with van der Waals surface area (Å²) in [5, 5.41) is 58.2. The number of aliphatic imine (C=N–C) groups is 2. The van der Waals surface area contributed by atoms with E-state index in [1.807, 2.05) is 24.4 Å². The Morgan fingerprint density at radius 3 is 2.71 bits per heavy atom. The van der Waals surface area contributed by atoms with E-state index in [1.54, 1.807) is 31.5 Å². The summed E-state index contributed by atoms with van der Waals surface area (Å²) in [6.07, 6.45) is 11.2. The Morgan fingerprint density at radius 1 is 1.12 bits per heavy atom. The molecule has 1 aromatic carbocycles. The zero-order valence-corrected chi connectivity index (χ0v) is 33.0. The van der Waals surface area contributed by atoms with Gasteiger partial charge in [0.05, 0.1) is 12.0 Å². The predicted octanol–water partition coefficient (Wildman–Crippen LogP) is -1.09. The van der Waals surface area contributed by atoms with Crippen LogP contribution >= 0.6 is 0 Å². The zero-order valence-electron chi connectivity index (χ0n) is 33.0. The lowest BCUT2D eigenvalue weighted by Gasteiger charge is -2.47. The molecule has 1 aliphatic carbocycles. The molecule has 7 heterocycles. The number of amides is 1. The lowest BCUT2D eigenvalue weighted by atomic mass is 9.71. The van der Waals surface area contributed by atoms with Gasteiger partial charge in [-0.05, 0) is 37.3 Å². The van der Waals surface area contributed by atoms with E-state index in [4.69, 9.17) is 18.9 Å². The molecule has 16 heteroatoms. The second kappa shape index (κ2) is 15.4. The maximum Gasteiger partial charge on any atom is 0.222 e. The highest BCUT2D eigenvalue weighted by Gasteiger charge is 2.54. The third kappa shape index (κ3) is 6.85. The Balaban J connectivity index is 1.06. The fourth-order valence-electron chi connectivity index (χ4n) is 10.1. The molecule has 1 aromatic heterocycles. The highest BCUT2D eigenvalue weighted by atomic mass is 17.2. The van der Waals surface area contributed by atoms with Crippen molar-refractivity contribution in [2.75, 3.05) is 32.8 Å². The van der Waals surface area contributed by atoms with Gasteiger partial charge in [0.15, 0.2) is 22.5 Å². The monoisotopic (exact) mass is 813 g/mol. The number of aliphatic hydroxyl groups excluding tert-OH is 4. The van der Waals surface area contributed by atoms with Gasteiger partial charge in [-0.25, -0.2) is 9.78 Å². The maximum atomic E-state index is 13.7. The van der Waals surface area contributed by atoms with Gasteiger partial charge in [0.25, 0.3) is 0 Å². The van der Waals surface area contributed by atoms with Crippen molar-refractivity contribution in [1.82, 2.24) is 5.32 Å². The summed E-state index contributed by atoms with van der Waals surface area (Å²) in [5.74, 6) is 0.969. The summed E-state index contributed by atoms with van der Waals surface area (Å²) >= 11 is 0. The van der Waals surface area contributed by atoms with E-state index in [0.29, 0.717) is 71.0 Å². The SMILES string of the molecule is CCC1C2=CC=NC2=C[NH+]1c1c2c(cc3c(=O)cc(C)oc13)CC(OOCC(O)C(O)(C[NH+]1CC=C3N=CC=C31)C(O)C(O)CO)C1(CC=CC(C3CNC(=O)C3)C1)O2. The molecule has 16 nitrogen and oxygen atoms in total. The smallest absolute Gasteiger partial charge is 0.222 e. The lowest BCUT2D eigenvalue weighted by molar-refractivity contribution is -0.856. The van der Waals surface area contributed by atoms with Crippen molar-refractivity contribution in [3.8, 4) is 5.75 Å². The van der Waals surface area contributed by atoms with Gasteiger partial charge in [-0.2, -0.15) is 0 Å². The molecule has 6 aliphatic heterocycles. The molecule has 1 spiro atoms. The van der Waals surface area contributed by atoms with Gasteiger partial charge in [-0.15, -0.1) is 0 Å². The number of aliphatic hydroxyl groups is 5. The first-order chi connectivity index (χ1) is 28.4. The summed E-state index contributed by atoms with van der Waals surface area (Å²) in [5.41, 5.74) is 1.62. The Labute approximate surface area is 339 Å². The summed E-state index contributed by atoms with van der Waals surface area (Å²) in [6, 6.07) is 3.22. The lowest BCUT2D eigenvalue weighted by Crippen LogP contribution is -3.11. The highest BCUT2D eigenvalue weighted by molar-refractivity contribution is 5.90. The molecule has 8 N–H and O–H groups in total. The number of ether oxygens (including phenoxy) is 1. The first-order valence-electron chi connectivity index (χ1n) is 20.4. The molecule has 312 valence electrons. The molecule has 2 aromatic rings. The number of fused-ring (bicyclic) bond motifs is 4. The van der Waals surface area contributed by atoms with Crippen LogP contribution in [-0.4, -0.2) is 118 Å². The first kappa shape index (κ1) is 39.8. The zero-order chi connectivity index (χ0) is 41.2. The Kier molecular flexibility index (Phi) is 10.4. The van der Waals surface area contributed by atoms with Crippen LogP contribution in [-0.2, 0) is 21.0 Å². The fraction of sp³-hybridized carbons (Fsp3) is 0.488. The van der Waals surface area contributed by atoms with Crippen molar-refractivity contribution in [2.24, 2.45) is 21.8 Å². The number of hydrogen-bond acceptors (Lipinski definition) is 13. The number of carbonyl (C=O) groups excluding carboxylic acids is 1. The number of carbonyl (C=O) groups is 1. The largest absolute Gasteiger partial charge is 0.477 e. The van der Waals surface area contributed by atoms with Crippen LogP contribution in [0, 0.1) is 18.8 Å². The van der Waals surface area contributed by atoms with Crippen LogP contribution in [0.5, 0.6) is 5.75 Å². The minimum absolute atomic E-state index is 0.0125. The maximum absolute atomic E-state index is 13.7. The Bertz CT molecular complexity index is 2330. The van der Waals surface area contributed by atoms with Crippen LogP contribution in [0.15, 0.2) is 90.6 Å². The van der Waals surface area contributed by atoms with Gasteiger partial charge >= 0.3 is 0 Å². The van der Waals surface area contributed by atoms with Crippen molar-refractivity contribution in [3.05, 3.63) is 92.9 Å². The first-order valence-corrected chi connectivity index (χ1v) is 20.4. The topological polar surface area (TPSA) is 222 Å². The van der Waals surface area contributed by atoms with Gasteiger partial charge in [-0.1, -0.05) is 19.1 Å². The summed E-state index contributed by atoms with van der Waals surface area (Å²) in [6.45, 7) is 3.07. The molecular formula is C43H51N5O11+2. The molecule has 1 fully saturated rings. The molecule has 0 bridgehead atoms. The average molecular weight is 814 g/mol. The number of nitrogens with one attached hydrogen (secondary N) is 3. The number of nitrogens with zero attached hydrogens (tertiary/aromatic N) is 2. The molecule has 7 aliphatic rings. The minimum Gasteiger partial charge on any atom is -0.477 e. The molecule has 1 saturated heterocycles. The van der Waals surface area contributed by atoms with Crippen LogP contribution in [0.2, 0.25) is 0 Å². The van der Waals surface area contributed by atoms with Crippen LogP contribution in [0.3, 0.4) is 0 Å². The Morgan fingerprint density at radius 2 is 1.93 bits per heavy atom. The van der Waals surface area contributed by atoms with Gasteiger partial charge in [-0.3, -0.25) is 29.4 Å². The molecule has 11 atom stereocenters. The standard InChI is InChI=1S/C43H49N5O11/c1-3-31-27-6-10-45-30(27)19-48(31)38-39-25(14-28-33(50)13-23(2)57-40(28)38)15-36(42(58-39)9-4-5-24(17-42)26-16-37(53)46-18-26)59-56-21-35(52)43(55,41(54)34(51)20-49)22-47-12-8-29-32(47)7-11-44-29/h4-8,10-11,13-14,19,24,26,31,34-36,41,49,51-52,54-55H,3,9,12,15-18,20-22H2,1-2H3,(H,46,53)/p+2. The van der Waals surface area contributed by atoms with E-state index in [2.05, 4.69) is 28.3 Å². The summed E-state index contributed by atoms with van der Waals surface area (Å²) < 4.78 is 13.7. The van der Waals surface area contributed by atoms with Crippen LogP contribution in [0.1, 0.15) is 43.9 Å². The van der Waals surface area contributed by atoms with Gasteiger partial charge in [0.2, 0.25) is 17.2 Å². The van der Waals surface area contributed by atoms with Crippen molar-refractivity contribution >= 4 is 35.0 Å². The van der Waals surface area contributed by atoms with Crippen LogP contribution in [0.25, 0.3) is 11.0 Å². The normalized spacial score (nSPS) is 31.5. The molecule has 11 unspecified atom stereocenters. The molecule has 0 saturated carbocycles. The van der Waals surface area contributed by atoms with Crippen molar-refractivity contribution in [1.29, 1.82) is 0 Å². The predicted molar refractivity (Wildman–Crippen MR) is 213 cm³/mol. The number of allylic oxidation sites excluding steroid dienone is 3. The van der Waals surface area contributed by atoms with E-state index in [-0.39, 0.29) is 42.2 Å². The summed E-state index contributed by atoms with van der Waals surface area (Å²) in [7, 11) is 0. The van der Waals surface area contributed by atoms with E-state index in [1.165, 1.54) is 6.07 Å². The number of rotatable bonds is 13. The second-order valence-corrected chi connectivity index (χ2v) is 16.8. The van der Waals surface area contributed by atoms with Crippen molar-refractivity contribution in [3.63, 3.8) is 0 Å². The number of quaternary nitrogens is 2. The van der Waals surface area contributed by atoms with E-state index >= 15 is 0 Å². The highest BCUT2D eigenvalue weighted by Crippen LogP contribution is 2.49. The van der Waals surface area contributed by atoms with Crippen molar-refractivity contribution in [2.45, 2.75) is 87.6 Å². The quantitative estimate of drug-likeness (QED) is 0.0690. The number of hydrogen-bond donors (Lipinski definition) is 8. The number of aryl methyl sites for hydroxylation is 1. The molecule has 59 heavy (non-hydrogen) atoms. The van der Waals surface area contributed by atoms with Gasteiger partial charge in [0.1, 0.15) is 79.1 Å². The van der Waals surface area contributed by atoms with E-state index in [0.717, 1.165) is 34.0 Å². The van der Waals surface area contributed by atoms with Crippen LogP contribution in [0.4, 0.5) is 5.69 Å². The summed E-state index contributed by atoms with van der Waals surface area (Å²) in [4.78, 5) is 48.7. The van der Waals surface area contributed by atoms with Crippen LogP contribution < -0.4 is 25.3 Å². The second-order valence-electron chi connectivity index (χ2n) is 16.8. The Hall–Kier alpha value is -4.62. The van der Waals surface area contributed by atoms with Crippen molar-refractivity contribution < 1.29 is 59.1 Å². The van der Waals surface area contributed by atoms with E-state index < -0.39 is 48.8 Å². The van der Waals surface area contributed by atoms with Gasteiger partial charge in [0, 0.05) is 74.0 Å². The molecular weight excluding hydrogens is 762 g/mol. The number of benzene rings is 1. The van der Waals surface area contributed by atoms with Gasteiger partial charge < -0.3 is 40.0 Å². The fourth-order valence-corrected chi connectivity index (χ4v) is 10.1.